The van der Waals surface area contributed by atoms with Crippen LogP contribution in [0.5, 0.6) is 0 Å². The van der Waals surface area contributed by atoms with Gasteiger partial charge < -0.3 is 9.88 Å². The Morgan fingerprint density at radius 2 is 1.62 bits per heavy atom. The highest BCUT2D eigenvalue weighted by Gasteiger charge is 2.19. The molecule has 0 radical (unpaired) electrons. The smallest absolute Gasteiger partial charge is 0.256 e. The molecule has 2 heterocycles. The van der Waals surface area contributed by atoms with Crippen LogP contribution in [0, 0.1) is 13.8 Å². The van der Waals surface area contributed by atoms with Crippen molar-refractivity contribution < 1.29 is 4.79 Å². The second-order valence-corrected chi connectivity index (χ2v) is 7.88. The molecule has 0 aliphatic carbocycles. The van der Waals surface area contributed by atoms with Gasteiger partial charge in [-0.05, 0) is 43.7 Å². The number of benzene rings is 3. The Bertz CT molecular complexity index is 1400. The van der Waals surface area contributed by atoms with E-state index < -0.39 is 0 Å². The molecule has 0 atom stereocenters. The third kappa shape index (κ3) is 3.78. The summed E-state index contributed by atoms with van der Waals surface area (Å²) >= 11 is 0. The maximum absolute atomic E-state index is 12.9. The lowest BCUT2D eigenvalue weighted by molar-refractivity contribution is 0.102. The predicted molar refractivity (Wildman–Crippen MR) is 126 cm³/mol. The summed E-state index contributed by atoms with van der Waals surface area (Å²) in [5, 5.41) is 7.67. The van der Waals surface area contributed by atoms with Crippen LogP contribution in [0.25, 0.3) is 17.0 Å². The van der Waals surface area contributed by atoms with Crippen molar-refractivity contribution in [2.75, 3.05) is 5.32 Å². The fourth-order valence-electron chi connectivity index (χ4n) is 3.78. The van der Waals surface area contributed by atoms with Crippen molar-refractivity contribution in [1.82, 2.24) is 19.3 Å². The van der Waals surface area contributed by atoms with E-state index in [1.807, 2.05) is 80.6 Å². The van der Waals surface area contributed by atoms with E-state index in [4.69, 9.17) is 4.98 Å². The number of hydrogen-bond donors (Lipinski definition) is 1. The summed E-state index contributed by atoms with van der Waals surface area (Å²) in [6.07, 6.45) is 0. The summed E-state index contributed by atoms with van der Waals surface area (Å²) in [5.74, 6) is 1.05. The van der Waals surface area contributed by atoms with E-state index >= 15 is 0 Å². The lowest BCUT2D eigenvalue weighted by Crippen LogP contribution is -2.17. The molecule has 0 saturated carbocycles. The quantitative estimate of drug-likeness (QED) is 0.427. The minimum Gasteiger partial charge on any atom is -0.306 e. The van der Waals surface area contributed by atoms with Crippen molar-refractivity contribution in [3.05, 3.63) is 107 Å². The molecule has 0 spiro atoms. The van der Waals surface area contributed by atoms with Crippen LogP contribution in [0.4, 0.5) is 5.82 Å². The third-order valence-electron chi connectivity index (χ3n) is 5.39. The Morgan fingerprint density at radius 3 is 2.41 bits per heavy atom. The molecule has 0 bridgehead atoms. The highest BCUT2D eigenvalue weighted by molar-refractivity contribution is 6.04. The number of carbonyl (C=O) groups excluding carboxylic acids is 1. The molecule has 5 rings (SSSR count). The van der Waals surface area contributed by atoms with Crippen LogP contribution in [0.2, 0.25) is 0 Å². The van der Waals surface area contributed by atoms with Gasteiger partial charge in [-0.25, -0.2) is 4.98 Å². The molecule has 0 saturated heterocycles. The van der Waals surface area contributed by atoms with Crippen LogP contribution in [0.1, 0.15) is 27.2 Å². The number of imidazole rings is 1. The zero-order chi connectivity index (χ0) is 22.1. The molecule has 6 nitrogen and oxygen atoms in total. The summed E-state index contributed by atoms with van der Waals surface area (Å²) in [7, 11) is 0. The number of carbonyl (C=O) groups is 1. The molecule has 1 amide bonds. The van der Waals surface area contributed by atoms with Gasteiger partial charge in [0.25, 0.3) is 5.91 Å². The van der Waals surface area contributed by atoms with Gasteiger partial charge in [0, 0.05) is 11.6 Å². The van der Waals surface area contributed by atoms with Gasteiger partial charge in [-0.1, -0.05) is 60.2 Å². The Morgan fingerprint density at radius 1 is 0.906 bits per heavy atom. The van der Waals surface area contributed by atoms with Gasteiger partial charge in [-0.15, -0.1) is 0 Å². The first-order valence-corrected chi connectivity index (χ1v) is 10.5. The molecular formula is C26H23N5O. The number of nitrogens with one attached hydrogen (secondary N) is 1. The second kappa shape index (κ2) is 8.15. The topological polar surface area (TPSA) is 64.7 Å². The van der Waals surface area contributed by atoms with Gasteiger partial charge in [0.15, 0.2) is 0 Å². The molecule has 6 heteroatoms. The van der Waals surface area contributed by atoms with Crippen molar-refractivity contribution in [3.63, 3.8) is 0 Å². The normalized spacial score (nSPS) is 11.1. The lowest BCUT2D eigenvalue weighted by Gasteiger charge is -2.12. The summed E-state index contributed by atoms with van der Waals surface area (Å²) in [6, 6.07) is 27.6. The number of aryl methyl sites for hydroxylation is 2. The van der Waals surface area contributed by atoms with E-state index in [9.17, 15) is 4.79 Å². The molecule has 0 aliphatic heterocycles. The summed E-state index contributed by atoms with van der Waals surface area (Å²) < 4.78 is 3.84. The molecule has 0 aliphatic rings. The Kier molecular flexibility index (Phi) is 5.03. The van der Waals surface area contributed by atoms with E-state index in [0.29, 0.717) is 23.9 Å². The van der Waals surface area contributed by atoms with E-state index in [2.05, 4.69) is 33.2 Å². The van der Waals surface area contributed by atoms with Crippen LogP contribution in [-0.2, 0) is 6.54 Å². The lowest BCUT2D eigenvalue weighted by atomic mass is 10.1. The van der Waals surface area contributed by atoms with Crippen molar-refractivity contribution in [3.8, 4) is 5.95 Å². The first-order valence-electron chi connectivity index (χ1n) is 10.5. The summed E-state index contributed by atoms with van der Waals surface area (Å²) in [5.41, 5.74) is 5.54. The Balaban J connectivity index is 1.58. The average Bonchev–Trinajstić information content (AvgIpc) is 3.34. The van der Waals surface area contributed by atoms with Crippen LogP contribution < -0.4 is 5.32 Å². The van der Waals surface area contributed by atoms with E-state index in [0.717, 1.165) is 27.9 Å². The highest BCUT2D eigenvalue weighted by Crippen LogP contribution is 2.24. The van der Waals surface area contributed by atoms with Crippen molar-refractivity contribution in [2.24, 2.45) is 0 Å². The largest absolute Gasteiger partial charge is 0.306 e. The molecule has 0 fully saturated rings. The molecule has 5 aromatic rings. The SMILES string of the molecule is Cc1ccc(C(=O)Nc2cc(C)nn2-c2nc3ccccc3n2Cc2ccccc2)cc1. The molecule has 32 heavy (non-hydrogen) atoms. The number of aromatic nitrogens is 4. The third-order valence-corrected chi connectivity index (χ3v) is 5.39. The number of nitrogens with zero attached hydrogens (tertiary/aromatic N) is 4. The maximum Gasteiger partial charge on any atom is 0.256 e. The van der Waals surface area contributed by atoms with Gasteiger partial charge in [-0.3, -0.25) is 4.79 Å². The fraction of sp³-hybridized carbons (Fsp3) is 0.115. The molecule has 0 unspecified atom stereocenters. The molecule has 3 aromatic carbocycles. The van der Waals surface area contributed by atoms with E-state index in [-0.39, 0.29) is 5.91 Å². The molecular weight excluding hydrogens is 398 g/mol. The predicted octanol–water partition coefficient (Wildman–Crippen LogP) is 5.14. The van der Waals surface area contributed by atoms with Crippen LogP contribution in [-0.4, -0.2) is 25.2 Å². The van der Waals surface area contributed by atoms with Crippen LogP contribution in [0.15, 0.2) is 84.9 Å². The van der Waals surface area contributed by atoms with Gasteiger partial charge in [-0.2, -0.15) is 9.78 Å². The molecule has 2 aromatic heterocycles. The zero-order valence-corrected chi connectivity index (χ0v) is 18.0. The average molecular weight is 422 g/mol. The van der Waals surface area contributed by atoms with Crippen molar-refractivity contribution in [2.45, 2.75) is 20.4 Å². The fourth-order valence-corrected chi connectivity index (χ4v) is 3.78. The highest BCUT2D eigenvalue weighted by atomic mass is 16.1. The Hall–Kier alpha value is -4.19. The maximum atomic E-state index is 12.9. The van der Waals surface area contributed by atoms with Gasteiger partial charge >= 0.3 is 0 Å². The summed E-state index contributed by atoms with van der Waals surface area (Å²) in [4.78, 5) is 17.7. The first kappa shape index (κ1) is 19.8. The van der Waals surface area contributed by atoms with E-state index in [1.54, 1.807) is 4.68 Å². The standard InChI is InChI=1S/C26H23N5O/c1-18-12-14-21(15-13-18)25(32)28-24-16-19(2)29-31(24)26-27-22-10-6-7-11-23(22)30(26)17-20-8-4-3-5-9-20/h3-16H,17H2,1-2H3,(H,28,32). The monoisotopic (exact) mass is 421 g/mol. The minimum atomic E-state index is -0.183. The number of amides is 1. The number of para-hydroxylation sites is 2. The second-order valence-electron chi connectivity index (χ2n) is 7.88. The number of hydrogen-bond acceptors (Lipinski definition) is 3. The zero-order valence-electron chi connectivity index (χ0n) is 18.0. The van der Waals surface area contributed by atoms with Crippen molar-refractivity contribution >= 4 is 22.8 Å². The van der Waals surface area contributed by atoms with Crippen LogP contribution >= 0.6 is 0 Å². The first-order chi connectivity index (χ1) is 15.6. The van der Waals surface area contributed by atoms with Crippen LogP contribution in [0.3, 0.4) is 0 Å². The van der Waals surface area contributed by atoms with Gasteiger partial charge in [0.2, 0.25) is 5.95 Å². The number of rotatable bonds is 5. The molecule has 1 N–H and O–H groups in total. The number of fused-ring (bicyclic) bond motifs is 1. The molecule has 158 valence electrons. The van der Waals surface area contributed by atoms with Gasteiger partial charge in [0.05, 0.1) is 23.3 Å². The number of anilines is 1. The van der Waals surface area contributed by atoms with Crippen molar-refractivity contribution in [1.29, 1.82) is 0 Å². The Labute approximate surface area is 186 Å². The van der Waals surface area contributed by atoms with Gasteiger partial charge in [0.1, 0.15) is 5.82 Å². The summed E-state index contributed by atoms with van der Waals surface area (Å²) in [6.45, 7) is 4.54. The van der Waals surface area contributed by atoms with E-state index in [1.165, 1.54) is 0 Å². The minimum absolute atomic E-state index is 0.183.